The van der Waals surface area contributed by atoms with Crippen LogP contribution in [0.2, 0.25) is 0 Å². The molecule has 0 radical (unpaired) electrons. The van der Waals surface area contributed by atoms with Crippen LogP contribution in [-0.4, -0.2) is 41.3 Å². The molecule has 0 unspecified atom stereocenters. The van der Waals surface area contributed by atoms with E-state index in [1.807, 2.05) is 0 Å². The van der Waals surface area contributed by atoms with E-state index >= 15 is 0 Å². The van der Waals surface area contributed by atoms with E-state index in [9.17, 15) is 4.79 Å². The van der Waals surface area contributed by atoms with Crippen LogP contribution in [0.25, 0.3) is 0 Å². The minimum atomic E-state index is -0.0967. The maximum absolute atomic E-state index is 11.8. The second-order valence-corrected chi connectivity index (χ2v) is 4.32. The van der Waals surface area contributed by atoms with Gasteiger partial charge in [0.2, 0.25) is 5.91 Å². The zero-order chi connectivity index (χ0) is 15.2. The Kier molecular flexibility index (Phi) is 4.00. The van der Waals surface area contributed by atoms with Crippen LogP contribution < -0.4 is 10.1 Å². The molecule has 2 N–H and O–H groups in total. The van der Waals surface area contributed by atoms with E-state index in [0.29, 0.717) is 24.4 Å². The van der Waals surface area contributed by atoms with Crippen LogP contribution in [0.15, 0.2) is 36.9 Å². The van der Waals surface area contributed by atoms with Crippen molar-refractivity contribution < 1.29 is 9.53 Å². The molecule has 0 aliphatic carbocycles. The topological polar surface area (TPSA) is 124 Å². The van der Waals surface area contributed by atoms with Gasteiger partial charge in [-0.25, -0.2) is 0 Å². The Morgan fingerprint density at radius 3 is 2.68 bits per heavy atom. The third-order valence-corrected chi connectivity index (χ3v) is 2.74. The standard InChI is InChI=1S/C12H12N8O2/c21-11(5-6-20-7-13-14-8-20)15-9-1-3-10(4-2-9)22-12-16-18-19-17-12/h1-4,7-8H,5-6H2,(H,15,21)(H,16,17,18,19). The zero-order valence-corrected chi connectivity index (χ0v) is 11.4. The molecule has 1 aromatic carbocycles. The van der Waals surface area contributed by atoms with Gasteiger partial charge in [-0.1, -0.05) is 10.2 Å². The van der Waals surface area contributed by atoms with Gasteiger partial charge in [-0.05, 0) is 29.5 Å². The van der Waals surface area contributed by atoms with Gasteiger partial charge in [-0.3, -0.25) is 4.79 Å². The van der Waals surface area contributed by atoms with Crippen LogP contribution >= 0.6 is 0 Å². The number of hydrogen-bond donors (Lipinski definition) is 2. The summed E-state index contributed by atoms with van der Waals surface area (Å²) in [4.78, 5) is 11.8. The quantitative estimate of drug-likeness (QED) is 0.683. The molecule has 0 aliphatic heterocycles. The number of carbonyl (C=O) groups excluding carboxylic acids is 1. The van der Waals surface area contributed by atoms with E-state index in [0.717, 1.165) is 0 Å². The highest BCUT2D eigenvalue weighted by Gasteiger charge is 2.05. The number of carbonyl (C=O) groups is 1. The summed E-state index contributed by atoms with van der Waals surface area (Å²) in [5, 5.41) is 23.2. The monoisotopic (exact) mass is 300 g/mol. The average molecular weight is 300 g/mol. The van der Waals surface area contributed by atoms with Crippen molar-refractivity contribution in [3.05, 3.63) is 36.9 Å². The van der Waals surface area contributed by atoms with E-state index in [2.05, 4.69) is 36.1 Å². The molecule has 3 aromatic rings. The van der Waals surface area contributed by atoms with Gasteiger partial charge in [0.05, 0.1) is 0 Å². The molecule has 2 heterocycles. The number of tetrazole rings is 1. The fourth-order valence-corrected chi connectivity index (χ4v) is 1.70. The van der Waals surface area contributed by atoms with Crippen molar-refractivity contribution in [1.82, 2.24) is 35.4 Å². The highest BCUT2D eigenvalue weighted by molar-refractivity contribution is 5.90. The van der Waals surface area contributed by atoms with Crippen molar-refractivity contribution in [3.63, 3.8) is 0 Å². The first-order valence-corrected chi connectivity index (χ1v) is 6.43. The lowest BCUT2D eigenvalue weighted by Crippen LogP contribution is -2.13. The summed E-state index contributed by atoms with van der Waals surface area (Å²) in [7, 11) is 0. The number of nitrogens with one attached hydrogen (secondary N) is 2. The van der Waals surface area contributed by atoms with Crippen LogP contribution in [0.5, 0.6) is 11.8 Å². The molecule has 22 heavy (non-hydrogen) atoms. The minimum Gasteiger partial charge on any atom is -0.422 e. The van der Waals surface area contributed by atoms with Gasteiger partial charge in [-0.2, -0.15) is 5.21 Å². The number of aryl methyl sites for hydroxylation is 1. The van der Waals surface area contributed by atoms with Gasteiger partial charge in [0, 0.05) is 18.7 Å². The van der Waals surface area contributed by atoms with Gasteiger partial charge in [0.1, 0.15) is 18.4 Å². The number of ether oxygens (including phenoxy) is 1. The van der Waals surface area contributed by atoms with Gasteiger partial charge >= 0.3 is 6.01 Å². The van der Waals surface area contributed by atoms with Crippen molar-refractivity contribution in [2.24, 2.45) is 0 Å². The molecule has 0 fully saturated rings. The Hall–Kier alpha value is -3.30. The second kappa shape index (κ2) is 6.43. The number of nitrogens with zero attached hydrogens (tertiary/aromatic N) is 6. The van der Waals surface area contributed by atoms with Crippen LogP contribution in [0, 0.1) is 0 Å². The summed E-state index contributed by atoms with van der Waals surface area (Å²) in [5.74, 6) is 0.449. The first-order chi connectivity index (χ1) is 10.8. The first-order valence-electron chi connectivity index (χ1n) is 6.43. The van der Waals surface area contributed by atoms with E-state index in [-0.39, 0.29) is 11.9 Å². The molecule has 10 nitrogen and oxygen atoms in total. The molecule has 3 rings (SSSR count). The minimum absolute atomic E-state index is 0.0967. The predicted molar refractivity (Wildman–Crippen MR) is 74.0 cm³/mol. The number of H-pyrrole nitrogens is 1. The molecule has 2 aromatic heterocycles. The Morgan fingerprint density at radius 2 is 2.00 bits per heavy atom. The van der Waals surface area contributed by atoms with Gasteiger partial charge in [-0.15, -0.1) is 10.2 Å². The van der Waals surface area contributed by atoms with E-state index in [1.54, 1.807) is 41.5 Å². The number of aromatic amines is 1. The third-order valence-electron chi connectivity index (χ3n) is 2.74. The smallest absolute Gasteiger partial charge is 0.361 e. The second-order valence-electron chi connectivity index (χ2n) is 4.32. The van der Waals surface area contributed by atoms with E-state index in [1.165, 1.54) is 0 Å². The molecule has 0 spiro atoms. The highest BCUT2D eigenvalue weighted by Crippen LogP contribution is 2.19. The van der Waals surface area contributed by atoms with Crippen molar-refractivity contribution in [2.75, 3.05) is 5.32 Å². The molecule has 112 valence electrons. The lowest BCUT2D eigenvalue weighted by atomic mass is 10.3. The molecule has 0 saturated heterocycles. The summed E-state index contributed by atoms with van der Waals surface area (Å²) < 4.78 is 7.07. The van der Waals surface area contributed by atoms with E-state index < -0.39 is 0 Å². The number of benzene rings is 1. The van der Waals surface area contributed by atoms with Crippen LogP contribution in [0.4, 0.5) is 5.69 Å². The highest BCUT2D eigenvalue weighted by atomic mass is 16.5. The maximum Gasteiger partial charge on any atom is 0.361 e. The van der Waals surface area contributed by atoms with Crippen molar-refractivity contribution in [3.8, 4) is 11.8 Å². The molecule has 1 amide bonds. The molecular weight excluding hydrogens is 288 g/mol. The number of anilines is 1. The zero-order valence-electron chi connectivity index (χ0n) is 11.4. The summed E-state index contributed by atoms with van der Waals surface area (Å²) in [6.07, 6.45) is 3.47. The van der Waals surface area contributed by atoms with Crippen LogP contribution in [0.1, 0.15) is 6.42 Å². The molecule has 0 aliphatic rings. The summed E-state index contributed by atoms with van der Waals surface area (Å²) in [6.45, 7) is 0.526. The van der Waals surface area contributed by atoms with E-state index in [4.69, 9.17) is 4.74 Å². The van der Waals surface area contributed by atoms with Crippen molar-refractivity contribution in [2.45, 2.75) is 13.0 Å². The third kappa shape index (κ3) is 3.62. The number of rotatable bonds is 6. The number of hydrogen-bond acceptors (Lipinski definition) is 7. The Labute approximate surface area is 124 Å². The SMILES string of the molecule is O=C(CCn1cnnc1)Nc1ccc(Oc2nn[nH]n2)cc1. The van der Waals surface area contributed by atoms with Crippen LogP contribution in [0.3, 0.4) is 0 Å². The van der Waals surface area contributed by atoms with Crippen molar-refractivity contribution >= 4 is 11.6 Å². The molecule has 10 heteroatoms. The Balaban J connectivity index is 1.51. The maximum atomic E-state index is 11.8. The molecule has 0 bridgehead atoms. The van der Waals surface area contributed by atoms with Crippen molar-refractivity contribution in [1.29, 1.82) is 0 Å². The average Bonchev–Trinajstić information content (AvgIpc) is 3.20. The predicted octanol–water partition coefficient (Wildman–Crippen LogP) is 0.612. The van der Waals surface area contributed by atoms with Gasteiger partial charge in [0.15, 0.2) is 0 Å². The first kappa shape index (κ1) is 13.7. The molecule has 0 saturated carbocycles. The lowest BCUT2D eigenvalue weighted by molar-refractivity contribution is -0.116. The molecule has 0 atom stereocenters. The summed E-state index contributed by atoms with van der Waals surface area (Å²) in [6, 6.07) is 6.99. The Morgan fingerprint density at radius 1 is 1.23 bits per heavy atom. The van der Waals surface area contributed by atoms with Gasteiger partial charge in [0.25, 0.3) is 0 Å². The van der Waals surface area contributed by atoms with Gasteiger partial charge < -0.3 is 14.6 Å². The number of amides is 1. The fraction of sp³-hybridized carbons (Fsp3) is 0.167. The Bertz CT molecular complexity index is 708. The number of aromatic nitrogens is 7. The summed E-state index contributed by atoms with van der Waals surface area (Å²) in [5.41, 5.74) is 0.675. The lowest BCUT2D eigenvalue weighted by Gasteiger charge is -2.06. The fourth-order valence-electron chi connectivity index (χ4n) is 1.70. The largest absolute Gasteiger partial charge is 0.422 e. The summed E-state index contributed by atoms with van der Waals surface area (Å²) >= 11 is 0. The van der Waals surface area contributed by atoms with Crippen LogP contribution in [-0.2, 0) is 11.3 Å². The normalized spacial score (nSPS) is 10.4. The molecular formula is C12H12N8O2.